The Morgan fingerprint density at radius 3 is 2.18 bits per heavy atom. The quantitative estimate of drug-likeness (QED) is 0.799. The summed E-state index contributed by atoms with van der Waals surface area (Å²) in [5.74, 6) is 0. The van der Waals surface area contributed by atoms with E-state index in [9.17, 15) is 0 Å². The van der Waals surface area contributed by atoms with Crippen molar-refractivity contribution in [1.29, 1.82) is 0 Å². The molecule has 0 aliphatic heterocycles. The van der Waals surface area contributed by atoms with Gasteiger partial charge in [0.2, 0.25) is 0 Å². The Bertz CT molecular complexity index is 805. The molecule has 0 radical (unpaired) electrons. The number of pyridine rings is 1. The summed E-state index contributed by atoms with van der Waals surface area (Å²) in [6.07, 6.45) is 0. The third kappa shape index (κ3) is 2.44. The molecule has 0 saturated heterocycles. The van der Waals surface area contributed by atoms with E-state index in [4.69, 9.17) is 10.7 Å². The van der Waals surface area contributed by atoms with E-state index in [0.29, 0.717) is 6.54 Å². The molecule has 3 aromatic rings. The summed E-state index contributed by atoms with van der Waals surface area (Å²) < 4.78 is 0. The maximum atomic E-state index is 5.86. The van der Waals surface area contributed by atoms with Gasteiger partial charge < -0.3 is 10.6 Å². The van der Waals surface area contributed by atoms with Gasteiger partial charge in [-0.2, -0.15) is 0 Å². The van der Waals surface area contributed by atoms with Crippen molar-refractivity contribution in [2.45, 2.75) is 13.5 Å². The standard InChI is InChI=1S/C19H21N3/c1-13-19(14-8-10-15(11-9-14)22(2)3)17-7-5-4-6-16(17)18(12-20)21-13/h4-11H,12,20H2,1-3H3. The second-order valence-electron chi connectivity index (χ2n) is 5.71. The van der Waals surface area contributed by atoms with Crippen LogP contribution in [-0.4, -0.2) is 19.1 Å². The molecule has 0 aliphatic rings. The zero-order valence-electron chi connectivity index (χ0n) is 13.3. The van der Waals surface area contributed by atoms with E-state index in [-0.39, 0.29) is 0 Å². The number of rotatable bonds is 3. The first-order valence-electron chi connectivity index (χ1n) is 7.48. The van der Waals surface area contributed by atoms with Gasteiger partial charge in [0.25, 0.3) is 0 Å². The van der Waals surface area contributed by atoms with Crippen molar-refractivity contribution in [3.05, 3.63) is 59.9 Å². The van der Waals surface area contributed by atoms with Gasteiger partial charge in [0, 0.05) is 43.0 Å². The molecule has 0 amide bonds. The van der Waals surface area contributed by atoms with E-state index in [1.165, 1.54) is 22.2 Å². The topological polar surface area (TPSA) is 42.1 Å². The van der Waals surface area contributed by atoms with Gasteiger partial charge in [0.15, 0.2) is 0 Å². The van der Waals surface area contributed by atoms with Gasteiger partial charge in [-0.1, -0.05) is 36.4 Å². The second-order valence-corrected chi connectivity index (χ2v) is 5.71. The molecule has 0 fully saturated rings. The third-order valence-corrected chi connectivity index (χ3v) is 4.04. The monoisotopic (exact) mass is 291 g/mol. The number of hydrogen-bond acceptors (Lipinski definition) is 3. The van der Waals surface area contributed by atoms with Gasteiger partial charge in [-0.25, -0.2) is 0 Å². The number of aryl methyl sites for hydroxylation is 1. The highest BCUT2D eigenvalue weighted by atomic mass is 15.1. The van der Waals surface area contributed by atoms with Gasteiger partial charge in [0.05, 0.1) is 5.69 Å². The maximum Gasteiger partial charge on any atom is 0.0621 e. The van der Waals surface area contributed by atoms with E-state index in [1.54, 1.807) is 0 Å². The van der Waals surface area contributed by atoms with Crippen LogP contribution in [0.15, 0.2) is 48.5 Å². The van der Waals surface area contributed by atoms with Crippen molar-refractivity contribution in [1.82, 2.24) is 4.98 Å². The van der Waals surface area contributed by atoms with E-state index in [0.717, 1.165) is 16.8 Å². The maximum absolute atomic E-state index is 5.86. The van der Waals surface area contributed by atoms with Gasteiger partial charge in [-0.3, -0.25) is 4.98 Å². The van der Waals surface area contributed by atoms with Crippen LogP contribution in [-0.2, 0) is 6.54 Å². The average molecular weight is 291 g/mol. The fraction of sp³-hybridized carbons (Fsp3) is 0.211. The molecule has 0 aliphatic carbocycles. The van der Waals surface area contributed by atoms with Gasteiger partial charge in [-0.05, 0) is 30.0 Å². The molecular formula is C19H21N3. The van der Waals surface area contributed by atoms with Crippen LogP contribution in [0.3, 0.4) is 0 Å². The molecule has 0 unspecified atom stereocenters. The van der Waals surface area contributed by atoms with Crippen LogP contribution in [0, 0.1) is 6.92 Å². The van der Waals surface area contributed by atoms with Crippen LogP contribution in [0.25, 0.3) is 21.9 Å². The highest BCUT2D eigenvalue weighted by Gasteiger charge is 2.12. The Hall–Kier alpha value is -2.39. The van der Waals surface area contributed by atoms with Crippen molar-refractivity contribution in [3.8, 4) is 11.1 Å². The fourth-order valence-corrected chi connectivity index (χ4v) is 2.91. The highest BCUT2D eigenvalue weighted by molar-refractivity contribution is 5.98. The first-order chi connectivity index (χ1) is 10.6. The van der Waals surface area contributed by atoms with E-state index in [2.05, 4.69) is 54.3 Å². The first-order valence-corrected chi connectivity index (χ1v) is 7.48. The Kier molecular flexibility index (Phi) is 3.82. The van der Waals surface area contributed by atoms with Crippen molar-refractivity contribution in [3.63, 3.8) is 0 Å². The molecule has 2 N–H and O–H groups in total. The summed E-state index contributed by atoms with van der Waals surface area (Å²) in [7, 11) is 4.10. The molecule has 1 heterocycles. The minimum atomic E-state index is 0.460. The number of aromatic nitrogens is 1. The molecule has 0 bridgehead atoms. The highest BCUT2D eigenvalue weighted by Crippen LogP contribution is 2.33. The molecule has 0 atom stereocenters. The predicted molar refractivity (Wildman–Crippen MR) is 94.1 cm³/mol. The Balaban J connectivity index is 2.24. The molecule has 3 nitrogen and oxygen atoms in total. The lowest BCUT2D eigenvalue weighted by Crippen LogP contribution is -2.08. The van der Waals surface area contributed by atoms with Crippen LogP contribution in [0.1, 0.15) is 11.4 Å². The van der Waals surface area contributed by atoms with Crippen molar-refractivity contribution in [2.75, 3.05) is 19.0 Å². The molecule has 0 spiro atoms. The van der Waals surface area contributed by atoms with Crippen molar-refractivity contribution in [2.24, 2.45) is 5.73 Å². The van der Waals surface area contributed by atoms with Crippen LogP contribution in [0.4, 0.5) is 5.69 Å². The van der Waals surface area contributed by atoms with E-state index in [1.807, 2.05) is 20.2 Å². The zero-order chi connectivity index (χ0) is 15.7. The lowest BCUT2D eigenvalue weighted by Gasteiger charge is -2.16. The molecule has 1 aromatic heterocycles. The number of fused-ring (bicyclic) bond motifs is 1. The number of hydrogen-bond donors (Lipinski definition) is 1. The predicted octanol–water partition coefficient (Wildman–Crippen LogP) is 3.73. The average Bonchev–Trinajstić information content (AvgIpc) is 2.54. The molecule has 0 saturated carbocycles. The molecule has 3 heteroatoms. The van der Waals surface area contributed by atoms with Gasteiger partial charge in [-0.15, -0.1) is 0 Å². The molecule has 3 rings (SSSR count). The SMILES string of the molecule is Cc1nc(CN)c2ccccc2c1-c1ccc(N(C)C)cc1. The Labute approximate surface area is 131 Å². The summed E-state index contributed by atoms with van der Waals surface area (Å²) in [6.45, 7) is 2.52. The zero-order valence-corrected chi connectivity index (χ0v) is 13.3. The number of benzene rings is 2. The van der Waals surface area contributed by atoms with Gasteiger partial charge in [0.1, 0.15) is 0 Å². The second kappa shape index (κ2) is 5.78. The number of nitrogens with two attached hydrogens (primary N) is 1. The summed E-state index contributed by atoms with van der Waals surface area (Å²) in [5, 5.41) is 2.36. The summed E-state index contributed by atoms with van der Waals surface area (Å²) in [6, 6.07) is 17.0. The molecule has 112 valence electrons. The largest absolute Gasteiger partial charge is 0.378 e. The lowest BCUT2D eigenvalue weighted by atomic mass is 9.96. The summed E-state index contributed by atoms with van der Waals surface area (Å²) in [4.78, 5) is 6.82. The smallest absolute Gasteiger partial charge is 0.0621 e. The number of nitrogens with zero attached hydrogens (tertiary/aromatic N) is 2. The normalized spacial score (nSPS) is 10.9. The first kappa shape index (κ1) is 14.5. The third-order valence-electron chi connectivity index (χ3n) is 4.04. The minimum absolute atomic E-state index is 0.460. The summed E-state index contributed by atoms with van der Waals surface area (Å²) in [5.41, 5.74) is 11.4. The fourth-order valence-electron chi connectivity index (χ4n) is 2.91. The molecule has 22 heavy (non-hydrogen) atoms. The Morgan fingerprint density at radius 1 is 0.955 bits per heavy atom. The molecular weight excluding hydrogens is 270 g/mol. The van der Waals surface area contributed by atoms with Crippen LogP contribution < -0.4 is 10.6 Å². The Morgan fingerprint density at radius 2 is 1.59 bits per heavy atom. The van der Waals surface area contributed by atoms with Gasteiger partial charge >= 0.3 is 0 Å². The van der Waals surface area contributed by atoms with Crippen molar-refractivity contribution < 1.29 is 0 Å². The van der Waals surface area contributed by atoms with Crippen LogP contribution >= 0.6 is 0 Å². The number of anilines is 1. The lowest BCUT2D eigenvalue weighted by molar-refractivity contribution is 0.989. The van der Waals surface area contributed by atoms with Crippen LogP contribution in [0.2, 0.25) is 0 Å². The van der Waals surface area contributed by atoms with E-state index >= 15 is 0 Å². The minimum Gasteiger partial charge on any atom is -0.378 e. The van der Waals surface area contributed by atoms with E-state index < -0.39 is 0 Å². The van der Waals surface area contributed by atoms with Crippen molar-refractivity contribution >= 4 is 16.5 Å². The molecule has 2 aromatic carbocycles. The summed E-state index contributed by atoms with van der Waals surface area (Å²) >= 11 is 0. The van der Waals surface area contributed by atoms with Crippen LogP contribution in [0.5, 0.6) is 0 Å².